The van der Waals surface area contributed by atoms with Crippen molar-refractivity contribution in [1.29, 1.82) is 0 Å². The van der Waals surface area contributed by atoms with Gasteiger partial charge in [0.2, 0.25) is 0 Å². The first-order chi connectivity index (χ1) is 6.79. The Morgan fingerprint density at radius 1 is 1.50 bits per heavy atom. The van der Waals surface area contributed by atoms with E-state index in [0.29, 0.717) is 0 Å². The number of nitrogens with one attached hydrogen (secondary N) is 1. The molecule has 1 atom stereocenters. The third kappa shape index (κ3) is 2.29. The molecular formula is C12H21NO. The van der Waals surface area contributed by atoms with Gasteiger partial charge in [-0.05, 0) is 25.8 Å². The van der Waals surface area contributed by atoms with Gasteiger partial charge in [-0.2, -0.15) is 0 Å². The van der Waals surface area contributed by atoms with Gasteiger partial charge in [-0.25, -0.2) is 0 Å². The molecule has 0 radical (unpaired) electrons. The van der Waals surface area contributed by atoms with Crippen molar-refractivity contribution < 1.29 is 4.74 Å². The lowest BCUT2D eigenvalue weighted by Crippen LogP contribution is -2.49. The molecule has 0 saturated heterocycles. The van der Waals surface area contributed by atoms with E-state index in [0.717, 1.165) is 25.8 Å². The van der Waals surface area contributed by atoms with Crippen LogP contribution in [0.4, 0.5) is 0 Å². The number of hydrogen-bond donors (Lipinski definition) is 1. The van der Waals surface area contributed by atoms with E-state index in [1.807, 2.05) is 0 Å². The van der Waals surface area contributed by atoms with Gasteiger partial charge in [0.05, 0.1) is 11.6 Å². The summed E-state index contributed by atoms with van der Waals surface area (Å²) in [6, 6.07) is 0.0787. The second kappa shape index (κ2) is 5.38. The summed E-state index contributed by atoms with van der Waals surface area (Å²) in [5.41, 5.74) is -0.0933. The van der Waals surface area contributed by atoms with E-state index in [1.165, 1.54) is 12.8 Å². The number of rotatable bonds is 5. The van der Waals surface area contributed by atoms with Gasteiger partial charge in [-0.15, -0.1) is 6.42 Å². The molecule has 2 heteroatoms. The van der Waals surface area contributed by atoms with Gasteiger partial charge in [0.1, 0.15) is 0 Å². The highest BCUT2D eigenvalue weighted by Crippen LogP contribution is 2.35. The topological polar surface area (TPSA) is 21.3 Å². The first kappa shape index (κ1) is 11.6. The van der Waals surface area contributed by atoms with E-state index in [1.54, 1.807) is 7.11 Å². The minimum atomic E-state index is -0.0933. The Balaban J connectivity index is 2.60. The first-order valence-corrected chi connectivity index (χ1v) is 5.53. The molecule has 1 aliphatic carbocycles. The molecule has 80 valence electrons. The maximum absolute atomic E-state index is 5.64. The minimum Gasteiger partial charge on any atom is -0.376 e. The van der Waals surface area contributed by atoms with Crippen LogP contribution in [0.2, 0.25) is 0 Å². The van der Waals surface area contributed by atoms with Crippen LogP contribution in [-0.4, -0.2) is 25.3 Å². The van der Waals surface area contributed by atoms with Crippen molar-refractivity contribution in [3.63, 3.8) is 0 Å². The number of methoxy groups -OCH3 is 1. The summed E-state index contributed by atoms with van der Waals surface area (Å²) in [6.07, 6.45) is 11.3. The smallest absolute Gasteiger partial charge is 0.0981 e. The molecule has 0 amide bonds. The molecule has 1 unspecified atom stereocenters. The molecule has 14 heavy (non-hydrogen) atoms. The normalized spacial score (nSPS) is 21.8. The summed E-state index contributed by atoms with van der Waals surface area (Å²) in [4.78, 5) is 0. The van der Waals surface area contributed by atoms with E-state index in [4.69, 9.17) is 11.2 Å². The highest BCUT2D eigenvalue weighted by molar-refractivity contribution is 5.12. The molecule has 0 spiro atoms. The van der Waals surface area contributed by atoms with E-state index >= 15 is 0 Å². The van der Waals surface area contributed by atoms with Crippen LogP contribution in [0.5, 0.6) is 0 Å². The zero-order chi connectivity index (χ0) is 10.4. The van der Waals surface area contributed by atoms with Crippen molar-refractivity contribution in [2.75, 3.05) is 13.7 Å². The van der Waals surface area contributed by atoms with Crippen LogP contribution in [-0.2, 0) is 4.74 Å². The minimum absolute atomic E-state index is 0.0787. The molecule has 1 N–H and O–H groups in total. The maximum Gasteiger partial charge on any atom is 0.0981 e. The van der Waals surface area contributed by atoms with E-state index in [2.05, 4.69) is 18.2 Å². The molecular weight excluding hydrogens is 174 g/mol. The highest BCUT2D eigenvalue weighted by atomic mass is 16.5. The third-order valence-electron chi connectivity index (χ3n) is 3.15. The van der Waals surface area contributed by atoms with E-state index in [9.17, 15) is 0 Å². The fourth-order valence-corrected chi connectivity index (χ4v) is 2.27. The molecule has 0 aromatic carbocycles. The Bertz CT molecular complexity index is 201. The quantitative estimate of drug-likeness (QED) is 0.677. The van der Waals surface area contributed by atoms with Crippen molar-refractivity contribution in [3.05, 3.63) is 0 Å². The van der Waals surface area contributed by atoms with Gasteiger partial charge in [-0.3, -0.25) is 0 Å². The van der Waals surface area contributed by atoms with Gasteiger partial charge < -0.3 is 10.1 Å². The van der Waals surface area contributed by atoms with Crippen molar-refractivity contribution in [2.24, 2.45) is 0 Å². The molecule has 0 bridgehead atoms. The lowest BCUT2D eigenvalue weighted by Gasteiger charge is -2.33. The molecule has 2 nitrogen and oxygen atoms in total. The van der Waals surface area contributed by atoms with Crippen LogP contribution in [0.3, 0.4) is 0 Å². The molecule has 0 heterocycles. The Labute approximate surface area is 87.4 Å². The lowest BCUT2D eigenvalue weighted by atomic mass is 9.92. The van der Waals surface area contributed by atoms with Gasteiger partial charge >= 0.3 is 0 Å². The molecule has 1 saturated carbocycles. The fraction of sp³-hybridized carbons (Fsp3) is 0.833. The Morgan fingerprint density at radius 3 is 2.57 bits per heavy atom. The van der Waals surface area contributed by atoms with Crippen LogP contribution < -0.4 is 5.32 Å². The Kier molecular flexibility index (Phi) is 4.44. The molecule has 0 aromatic heterocycles. The number of ether oxygens (including phenoxy) is 1. The molecule has 1 fully saturated rings. The highest BCUT2D eigenvalue weighted by Gasteiger charge is 2.40. The van der Waals surface area contributed by atoms with Crippen LogP contribution >= 0.6 is 0 Å². The third-order valence-corrected chi connectivity index (χ3v) is 3.15. The number of hydrogen-bond acceptors (Lipinski definition) is 2. The van der Waals surface area contributed by atoms with Gasteiger partial charge in [0.15, 0.2) is 0 Å². The predicted octanol–water partition coefficient (Wildman–Crippen LogP) is 1.95. The van der Waals surface area contributed by atoms with Gasteiger partial charge in [0.25, 0.3) is 0 Å². The Hall–Kier alpha value is -0.520. The second-order valence-electron chi connectivity index (χ2n) is 4.03. The summed E-state index contributed by atoms with van der Waals surface area (Å²) in [5, 5.41) is 3.39. The lowest BCUT2D eigenvalue weighted by molar-refractivity contribution is -0.0205. The Morgan fingerprint density at radius 2 is 2.14 bits per heavy atom. The molecule has 0 aromatic rings. The van der Waals surface area contributed by atoms with Crippen LogP contribution in [0.15, 0.2) is 0 Å². The maximum atomic E-state index is 5.64. The van der Waals surface area contributed by atoms with Crippen LogP contribution in [0, 0.1) is 12.3 Å². The summed E-state index contributed by atoms with van der Waals surface area (Å²) >= 11 is 0. The summed E-state index contributed by atoms with van der Waals surface area (Å²) in [6.45, 7) is 3.12. The number of terminal acetylenes is 1. The van der Waals surface area contributed by atoms with Gasteiger partial charge in [0, 0.05) is 7.11 Å². The zero-order valence-electron chi connectivity index (χ0n) is 9.31. The van der Waals surface area contributed by atoms with Crippen LogP contribution in [0.25, 0.3) is 0 Å². The largest absolute Gasteiger partial charge is 0.376 e. The van der Waals surface area contributed by atoms with Crippen LogP contribution in [0.1, 0.15) is 39.0 Å². The average molecular weight is 195 g/mol. The first-order valence-electron chi connectivity index (χ1n) is 5.53. The summed E-state index contributed by atoms with van der Waals surface area (Å²) < 4.78 is 5.64. The molecule has 1 aliphatic rings. The van der Waals surface area contributed by atoms with Crippen molar-refractivity contribution >= 4 is 0 Å². The second-order valence-corrected chi connectivity index (χ2v) is 4.03. The molecule has 1 rings (SSSR count). The van der Waals surface area contributed by atoms with E-state index in [-0.39, 0.29) is 11.6 Å². The zero-order valence-corrected chi connectivity index (χ0v) is 9.31. The summed E-state index contributed by atoms with van der Waals surface area (Å²) in [7, 11) is 1.78. The predicted molar refractivity (Wildman–Crippen MR) is 59.1 cm³/mol. The average Bonchev–Trinajstić information content (AvgIpc) is 2.69. The van der Waals surface area contributed by atoms with Crippen molar-refractivity contribution in [2.45, 2.75) is 50.7 Å². The van der Waals surface area contributed by atoms with Crippen molar-refractivity contribution in [1.82, 2.24) is 5.32 Å². The van der Waals surface area contributed by atoms with Crippen molar-refractivity contribution in [3.8, 4) is 12.3 Å². The van der Waals surface area contributed by atoms with E-state index < -0.39 is 0 Å². The SMILES string of the molecule is C#CC(NCCC)C1(OC)CCCC1. The molecule has 0 aliphatic heterocycles. The summed E-state index contributed by atoms with van der Waals surface area (Å²) in [5.74, 6) is 2.83. The standard InChI is InChI=1S/C12H21NO/c1-4-10-13-11(5-2)12(14-3)8-6-7-9-12/h2,11,13H,4,6-10H2,1,3H3. The monoisotopic (exact) mass is 195 g/mol. The fourth-order valence-electron chi connectivity index (χ4n) is 2.27. The van der Waals surface area contributed by atoms with Gasteiger partial charge in [-0.1, -0.05) is 25.7 Å².